The molecule has 0 spiro atoms. The van der Waals surface area contributed by atoms with Crippen molar-refractivity contribution < 1.29 is 4.79 Å². The number of fused-ring (bicyclic) bond motifs is 1. The molecule has 1 aromatic carbocycles. The summed E-state index contributed by atoms with van der Waals surface area (Å²) in [7, 11) is 1.73. The lowest BCUT2D eigenvalue weighted by Gasteiger charge is -2.18. The van der Waals surface area contributed by atoms with E-state index in [0.29, 0.717) is 12.3 Å². The van der Waals surface area contributed by atoms with Gasteiger partial charge in [-0.3, -0.25) is 4.79 Å². The topological polar surface area (TPSA) is 56.1 Å². The minimum absolute atomic E-state index is 0.0308. The fourth-order valence-corrected chi connectivity index (χ4v) is 2.33. The summed E-state index contributed by atoms with van der Waals surface area (Å²) in [4.78, 5) is 13.8. The fourth-order valence-electron chi connectivity index (χ4n) is 1.54. The zero-order valence-corrected chi connectivity index (χ0v) is 9.67. The average molecular weight is 233 g/mol. The summed E-state index contributed by atoms with van der Waals surface area (Å²) in [5.74, 6) is 0.507. The molecule has 2 rings (SSSR count). The van der Waals surface area contributed by atoms with Crippen LogP contribution in [-0.4, -0.2) is 23.6 Å². The number of carbonyl (C=O) groups excluding carboxylic acids is 1. The van der Waals surface area contributed by atoms with E-state index >= 15 is 0 Å². The Balaban J connectivity index is 2.22. The molecule has 1 aliphatic heterocycles. The van der Waals surface area contributed by atoms with Gasteiger partial charge in [0, 0.05) is 11.9 Å². The van der Waals surface area contributed by atoms with E-state index in [9.17, 15) is 4.79 Å². The first-order chi connectivity index (χ1) is 7.69. The highest BCUT2D eigenvalue weighted by Crippen LogP contribution is 2.32. The predicted molar refractivity (Wildman–Crippen MR) is 62.9 cm³/mol. The molecular formula is C11H11N3OS. The van der Waals surface area contributed by atoms with E-state index in [2.05, 4.69) is 5.32 Å². The minimum Gasteiger partial charge on any atom is -0.324 e. The predicted octanol–water partition coefficient (Wildman–Crippen LogP) is 1.64. The lowest BCUT2D eigenvalue weighted by atomic mass is 10.2. The molecule has 0 atom stereocenters. The number of amides is 1. The van der Waals surface area contributed by atoms with Crippen LogP contribution in [0.1, 0.15) is 5.56 Å². The molecule has 1 aromatic rings. The summed E-state index contributed by atoms with van der Waals surface area (Å²) in [5, 5.41) is 11.5. The summed E-state index contributed by atoms with van der Waals surface area (Å²) in [6.45, 7) is 0.560. The van der Waals surface area contributed by atoms with E-state index in [1.165, 1.54) is 11.8 Å². The average Bonchev–Trinajstić information content (AvgIpc) is 2.28. The van der Waals surface area contributed by atoms with Crippen LogP contribution in [-0.2, 0) is 11.3 Å². The quantitative estimate of drug-likeness (QED) is 0.623. The number of hydrogen-bond donors (Lipinski definition) is 1. The number of rotatable bonds is 2. The molecule has 16 heavy (non-hydrogen) atoms. The Morgan fingerprint density at radius 2 is 2.44 bits per heavy atom. The zero-order valence-electron chi connectivity index (χ0n) is 8.86. The van der Waals surface area contributed by atoms with Gasteiger partial charge in [-0.15, -0.1) is 11.8 Å². The third kappa shape index (κ3) is 2.28. The molecule has 1 amide bonds. The molecule has 1 heterocycles. The molecule has 0 saturated heterocycles. The number of nitrogens with zero attached hydrogens (tertiary/aromatic N) is 2. The first-order valence-corrected chi connectivity index (χ1v) is 5.84. The van der Waals surface area contributed by atoms with Crippen LogP contribution in [0.25, 0.3) is 0 Å². The van der Waals surface area contributed by atoms with Gasteiger partial charge in [-0.2, -0.15) is 5.26 Å². The van der Waals surface area contributed by atoms with Crippen molar-refractivity contribution >= 4 is 23.4 Å². The summed E-state index contributed by atoms with van der Waals surface area (Å²) in [6.07, 6.45) is 2.04. The van der Waals surface area contributed by atoms with Crippen LogP contribution in [0.5, 0.6) is 0 Å². The molecule has 0 saturated carbocycles. The van der Waals surface area contributed by atoms with Crippen molar-refractivity contribution in [2.24, 2.45) is 0 Å². The molecule has 4 nitrogen and oxygen atoms in total. The Labute approximate surface area is 98.2 Å². The van der Waals surface area contributed by atoms with Gasteiger partial charge in [0.1, 0.15) is 0 Å². The third-order valence-electron chi connectivity index (χ3n) is 2.27. The summed E-state index contributed by atoms with van der Waals surface area (Å²) in [6, 6.07) is 5.89. The SMILES string of the molecule is CN(C#N)Cc1ccc2c(c1)NC(=O)CS2. The molecule has 1 aliphatic rings. The second-order valence-electron chi connectivity index (χ2n) is 3.62. The van der Waals surface area contributed by atoms with Crippen LogP contribution >= 0.6 is 11.8 Å². The number of thioether (sulfide) groups is 1. The van der Waals surface area contributed by atoms with E-state index < -0.39 is 0 Å². The molecule has 82 valence electrons. The third-order valence-corrected chi connectivity index (χ3v) is 3.34. The summed E-state index contributed by atoms with van der Waals surface area (Å²) >= 11 is 1.54. The van der Waals surface area contributed by atoms with Crippen LogP contribution in [0.15, 0.2) is 23.1 Å². The van der Waals surface area contributed by atoms with Crippen molar-refractivity contribution in [2.75, 3.05) is 18.1 Å². The molecule has 5 heteroatoms. The van der Waals surface area contributed by atoms with Gasteiger partial charge in [0.15, 0.2) is 6.19 Å². The molecule has 0 bridgehead atoms. The largest absolute Gasteiger partial charge is 0.324 e. The molecule has 0 unspecified atom stereocenters. The van der Waals surface area contributed by atoms with Gasteiger partial charge in [-0.1, -0.05) is 6.07 Å². The van der Waals surface area contributed by atoms with Gasteiger partial charge < -0.3 is 10.2 Å². The molecule has 0 aromatic heterocycles. The molecule has 0 aliphatic carbocycles. The van der Waals surface area contributed by atoms with Gasteiger partial charge in [0.05, 0.1) is 18.0 Å². The van der Waals surface area contributed by atoms with Gasteiger partial charge in [-0.05, 0) is 17.7 Å². The number of hydrogen-bond acceptors (Lipinski definition) is 4. The second kappa shape index (κ2) is 4.45. The minimum atomic E-state index is 0.0308. The van der Waals surface area contributed by atoms with E-state index in [-0.39, 0.29) is 5.91 Å². The van der Waals surface area contributed by atoms with Crippen LogP contribution < -0.4 is 5.32 Å². The van der Waals surface area contributed by atoms with Gasteiger partial charge in [-0.25, -0.2) is 0 Å². The maximum absolute atomic E-state index is 11.2. The number of carbonyl (C=O) groups is 1. The Bertz CT molecular complexity index is 467. The fraction of sp³-hybridized carbons (Fsp3) is 0.273. The van der Waals surface area contributed by atoms with Crippen molar-refractivity contribution in [3.63, 3.8) is 0 Å². The van der Waals surface area contributed by atoms with Crippen molar-refractivity contribution in [3.05, 3.63) is 23.8 Å². The van der Waals surface area contributed by atoms with Crippen molar-refractivity contribution in [1.82, 2.24) is 4.90 Å². The van der Waals surface area contributed by atoms with Crippen LogP contribution in [0, 0.1) is 11.5 Å². The van der Waals surface area contributed by atoms with E-state index in [4.69, 9.17) is 5.26 Å². The lowest BCUT2D eigenvalue weighted by Crippen LogP contribution is -2.19. The van der Waals surface area contributed by atoms with E-state index in [1.807, 2.05) is 24.4 Å². The maximum Gasteiger partial charge on any atom is 0.234 e. The standard InChI is InChI=1S/C11H11N3OS/c1-14(7-12)5-8-2-3-10-9(4-8)13-11(15)6-16-10/h2-4H,5-6H2,1H3,(H,13,15). The van der Waals surface area contributed by atoms with Crippen molar-refractivity contribution in [3.8, 4) is 6.19 Å². The zero-order chi connectivity index (χ0) is 11.5. The van der Waals surface area contributed by atoms with Gasteiger partial charge >= 0.3 is 0 Å². The number of nitriles is 1. The maximum atomic E-state index is 11.2. The first-order valence-electron chi connectivity index (χ1n) is 4.85. The Morgan fingerprint density at radius 1 is 1.62 bits per heavy atom. The first kappa shape index (κ1) is 10.8. The summed E-state index contributed by atoms with van der Waals surface area (Å²) in [5.41, 5.74) is 1.87. The van der Waals surface area contributed by atoms with Crippen LogP contribution in [0.2, 0.25) is 0 Å². The smallest absolute Gasteiger partial charge is 0.234 e. The highest BCUT2D eigenvalue weighted by Gasteiger charge is 2.15. The van der Waals surface area contributed by atoms with Crippen molar-refractivity contribution in [1.29, 1.82) is 5.26 Å². The Morgan fingerprint density at radius 3 is 3.19 bits per heavy atom. The molecular weight excluding hydrogens is 222 g/mol. The van der Waals surface area contributed by atoms with Crippen LogP contribution in [0.3, 0.4) is 0 Å². The monoisotopic (exact) mass is 233 g/mol. The number of benzene rings is 1. The highest BCUT2D eigenvalue weighted by molar-refractivity contribution is 8.00. The Kier molecular flexibility index (Phi) is 3.02. The molecule has 0 radical (unpaired) electrons. The van der Waals surface area contributed by atoms with E-state index in [1.54, 1.807) is 11.9 Å². The normalized spacial score (nSPS) is 13.6. The number of anilines is 1. The second-order valence-corrected chi connectivity index (χ2v) is 4.64. The molecule has 0 fully saturated rings. The van der Waals surface area contributed by atoms with E-state index in [0.717, 1.165) is 16.1 Å². The van der Waals surface area contributed by atoms with Gasteiger partial charge in [0.25, 0.3) is 0 Å². The number of nitrogens with one attached hydrogen (secondary N) is 1. The van der Waals surface area contributed by atoms with Crippen molar-refractivity contribution in [2.45, 2.75) is 11.4 Å². The lowest BCUT2D eigenvalue weighted by molar-refractivity contribution is -0.113. The van der Waals surface area contributed by atoms with Crippen LogP contribution in [0.4, 0.5) is 5.69 Å². The Hall–Kier alpha value is -1.67. The van der Waals surface area contributed by atoms with Gasteiger partial charge in [0.2, 0.25) is 5.91 Å². The summed E-state index contributed by atoms with van der Waals surface area (Å²) < 4.78 is 0. The highest BCUT2D eigenvalue weighted by atomic mass is 32.2. The molecule has 1 N–H and O–H groups in total.